The molecule has 0 aliphatic carbocycles. The molecule has 1 fully saturated rings. The highest BCUT2D eigenvalue weighted by atomic mass is 32.1. The molecule has 0 bridgehead atoms. The molecule has 1 aromatic carbocycles. The lowest BCUT2D eigenvalue weighted by Crippen LogP contribution is -2.39. The molecule has 156 valence electrons. The first-order valence-electron chi connectivity index (χ1n) is 10.0. The van der Waals surface area contributed by atoms with Crippen LogP contribution in [0.5, 0.6) is 0 Å². The van der Waals surface area contributed by atoms with Crippen molar-refractivity contribution in [2.75, 3.05) is 18.0 Å². The molecule has 2 N–H and O–H groups in total. The second kappa shape index (κ2) is 7.72. The van der Waals surface area contributed by atoms with Gasteiger partial charge in [-0.3, -0.25) is 0 Å². The lowest BCUT2D eigenvalue weighted by molar-refractivity contribution is 0.501. The molecule has 4 aromatic rings. The van der Waals surface area contributed by atoms with Gasteiger partial charge in [0.2, 0.25) is 0 Å². The summed E-state index contributed by atoms with van der Waals surface area (Å²) in [5, 5.41) is 9.95. The molecule has 4 heterocycles. The summed E-state index contributed by atoms with van der Waals surface area (Å²) in [5.74, 6) is -0.553. The minimum atomic E-state index is -0.553. The summed E-state index contributed by atoms with van der Waals surface area (Å²) in [4.78, 5) is 17.0. The minimum absolute atomic E-state index is 0.0161. The fraction of sp³-hybridized carbons (Fsp3) is 0.273. The normalized spacial score (nSPS) is 14.8. The molecule has 3 aromatic heterocycles. The van der Waals surface area contributed by atoms with Crippen LogP contribution in [0, 0.1) is 17.1 Å². The van der Waals surface area contributed by atoms with Crippen LogP contribution in [0.15, 0.2) is 36.8 Å². The third-order valence-corrected chi connectivity index (χ3v) is 6.77. The van der Waals surface area contributed by atoms with E-state index < -0.39 is 5.82 Å². The number of nitrogens with two attached hydrogens (primary N) is 1. The molecule has 0 spiro atoms. The zero-order chi connectivity index (χ0) is 21.5. The highest BCUT2D eigenvalue weighted by Gasteiger charge is 2.23. The monoisotopic (exact) mass is 433 g/mol. The SMILES string of the molecule is Cn1cnc2cc(-c3sc(N4CCC(N)CC4)nc3-c3ccc(C#N)c(F)c3)cnc21. The number of anilines is 1. The number of piperidine rings is 1. The van der Waals surface area contributed by atoms with Crippen molar-refractivity contribution < 1.29 is 4.39 Å². The van der Waals surface area contributed by atoms with Crippen molar-refractivity contribution in [2.45, 2.75) is 18.9 Å². The average molecular weight is 434 g/mol. The fourth-order valence-corrected chi connectivity index (χ4v) is 4.94. The van der Waals surface area contributed by atoms with Gasteiger partial charge in [0.25, 0.3) is 0 Å². The number of nitriles is 1. The lowest BCUT2D eigenvalue weighted by Gasteiger charge is -2.29. The van der Waals surface area contributed by atoms with Gasteiger partial charge in [0.05, 0.1) is 22.5 Å². The Morgan fingerprint density at radius 1 is 1.19 bits per heavy atom. The van der Waals surface area contributed by atoms with Crippen LogP contribution < -0.4 is 10.6 Å². The van der Waals surface area contributed by atoms with Crippen molar-refractivity contribution in [1.29, 1.82) is 5.26 Å². The second-order valence-corrected chi connectivity index (χ2v) is 8.70. The molecule has 9 heteroatoms. The van der Waals surface area contributed by atoms with Crippen LogP contribution in [-0.2, 0) is 7.05 Å². The largest absolute Gasteiger partial charge is 0.348 e. The molecule has 0 unspecified atom stereocenters. The Labute approximate surface area is 182 Å². The number of halogens is 1. The Balaban J connectivity index is 1.64. The molecule has 0 saturated carbocycles. The van der Waals surface area contributed by atoms with Crippen LogP contribution in [0.4, 0.5) is 9.52 Å². The van der Waals surface area contributed by atoms with Gasteiger partial charge < -0.3 is 15.2 Å². The Hall–Kier alpha value is -3.35. The number of pyridine rings is 1. The summed E-state index contributed by atoms with van der Waals surface area (Å²) in [7, 11) is 1.90. The molecule has 1 aliphatic rings. The summed E-state index contributed by atoms with van der Waals surface area (Å²) < 4.78 is 16.3. The maximum atomic E-state index is 14.4. The number of thiazole rings is 1. The molecule has 5 rings (SSSR count). The van der Waals surface area contributed by atoms with Gasteiger partial charge in [0.15, 0.2) is 10.8 Å². The highest BCUT2D eigenvalue weighted by molar-refractivity contribution is 7.19. The second-order valence-electron chi connectivity index (χ2n) is 7.73. The Kier molecular flexibility index (Phi) is 4.88. The van der Waals surface area contributed by atoms with Crippen LogP contribution in [0.2, 0.25) is 0 Å². The van der Waals surface area contributed by atoms with Crippen LogP contribution in [0.3, 0.4) is 0 Å². The molecule has 31 heavy (non-hydrogen) atoms. The van der Waals surface area contributed by atoms with Gasteiger partial charge in [0, 0.05) is 43.5 Å². The van der Waals surface area contributed by atoms with Crippen molar-refractivity contribution in [2.24, 2.45) is 12.8 Å². The number of aromatic nitrogens is 4. The predicted molar refractivity (Wildman–Crippen MR) is 119 cm³/mol. The van der Waals surface area contributed by atoms with E-state index >= 15 is 0 Å². The van der Waals surface area contributed by atoms with Gasteiger partial charge in [-0.2, -0.15) is 5.26 Å². The van der Waals surface area contributed by atoms with E-state index in [1.807, 2.05) is 23.8 Å². The number of rotatable bonds is 3. The maximum Gasteiger partial charge on any atom is 0.186 e. The average Bonchev–Trinajstić information content (AvgIpc) is 3.38. The first-order valence-corrected chi connectivity index (χ1v) is 10.8. The van der Waals surface area contributed by atoms with E-state index in [1.54, 1.807) is 29.9 Å². The first kappa shape index (κ1) is 19.6. The number of benzene rings is 1. The minimum Gasteiger partial charge on any atom is -0.348 e. The molecule has 0 radical (unpaired) electrons. The molecule has 7 nitrogen and oxygen atoms in total. The Bertz CT molecular complexity index is 1310. The van der Waals surface area contributed by atoms with Crippen molar-refractivity contribution in [3.8, 4) is 27.8 Å². The van der Waals surface area contributed by atoms with Gasteiger partial charge in [-0.1, -0.05) is 17.4 Å². The number of aryl methyl sites for hydroxylation is 1. The van der Waals surface area contributed by atoms with E-state index in [9.17, 15) is 4.39 Å². The Morgan fingerprint density at radius 2 is 2.00 bits per heavy atom. The smallest absolute Gasteiger partial charge is 0.186 e. The summed E-state index contributed by atoms with van der Waals surface area (Å²) in [5.41, 5.74) is 9.84. The van der Waals surface area contributed by atoms with Crippen LogP contribution >= 0.6 is 11.3 Å². The molecular weight excluding hydrogens is 413 g/mol. The zero-order valence-corrected chi connectivity index (χ0v) is 17.7. The van der Waals surface area contributed by atoms with Crippen LogP contribution in [0.1, 0.15) is 18.4 Å². The van der Waals surface area contributed by atoms with Crippen molar-refractivity contribution >= 4 is 27.6 Å². The van der Waals surface area contributed by atoms with E-state index in [1.165, 1.54) is 12.1 Å². The van der Waals surface area contributed by atoms with Crippen molar-refractivity contribution in [3.05, 3.63) is 48.2 Å². The summed E-state index contributed by atoms with van der Waals surface area (Å²) >= 11 is 1.56. The first-order chi connectivity index (χ1) is 15.0. The third kappa shape index (κ3) is 3.54. The van der Waals surface area contributed by atoms with E-state index in [-0.39, 0.29) is 11.6 Å². The zero-order valence-electron chi connectivity index (χ0n) is 16.9. The summed E-state index contributed by atoms with van der Waals surface area (Å²) in [6.07, 6.45) is 5.36. The van der Waals surface area contributed by atoms with Crippen molar-refractivity contribution in [3.63, 3.8) is 0 Å². The lowest BCUT2D eigenvalue weighted by atomic mass is 10.1. The van der Waals surface area contributed by atoms with E-state index in [0.29, 0.717) is 11.3 Å². The predicted octanol–water partition coefficient (Wildman–Crippen LogP) is 3.70. The number of imidazole rings is 1. The number of hydrogen-bond donors (Lipinski definition) is 1. The van der Waals surface area contributed by atoms with Gasteiger partial charge in [-0.25, -0.2) is 19.3 Å². The third-order valence-electron chi connectivity index (χ3n) is 5.60. The standard InChI is InChI=1S/C22H20FN7S/c1-29-12-27-18-9-15(11-26-21(18)29)20-19(13-2-3-14(10-24)17(23)8-13)28-22(31-20)30-6-4-16(25)5-7-30/h2-3,8-9,11-12,16H,4-7,25H2,1H3. The maximum absolute atomic E-state index is 14.4. The molecular formula is C22H20FN7S. The number of hydrogen-bond acceptors (Lipinski definition) is 7. The van der Waals surface area contributed by atoms with Gasteiger partial charge >= 0.3 is 0 Å². The fourth-order valence-electron chi connectivity index (χ4n) is 3.82. The topological polar surface area (TPSA) is 96.6 Å². The molecule has 1 aliphatic heterocycles. The van der Waals surface area contributed by atoms with E-state index in [4.69, 9.17) is 16.0 Å². The van der Waals surface area contributed by atoms with Gasteiger partial charge in [-0.15, -0.1) is 0 Å². The Morgan fingerprint density at radius 3 is 2.74 bits per heavy atom. The van der Waals surface area contributed by atoms with Crippen molar-refractivity contribution in [1.82, 2.24) is 19.5 Å². The molecule has 1 saturated heterocycles. The van der Waals surface area contributed by atoms with Crippen LogP contribution in [-0.4, -0.2) is 38.7 Å². The highest BCUT2D eigenvalue weighted by Crippen LogP contribution is 2.41. The number of nitrogens with zero attached hydrogens (tertiary/aromatic N) is 6. The molecule has 0 atom stereocenters. The van der Waals surface area contributed by atoms with Gasteiger partial charge in [-0.05, 0) is 31.0 Å². The van der Waals surface area contributed by atoms with Gasteiger partial charge in [0.1, 0.15) is 17.4 Å². The van der Waals surface area contributed by atoms with E-state index in [2.05, 4.69) is 14.9 Å². The summed E-state index contributed by atoms with van der Waals surface area (Å²) in [6, 6.07) is 8.68. The van der Waals surface area contributed by atoms with E-state index in [0.717, 1.165) is 52.7 Å². The van der Waals surface area contributed by atoms with Crippen LogP contribution in [0.25, 0.3) is 32.9 Å². The molecule has 0 amide bonds. The number of fused-ring (bicyclic) bond motifs is 1. The quantitative estimate of drug-likeness (QED) is 0.529. The summed E-state index contributed by atoms with van der Waals surface area (Å²) in [6.45, 7) is 1.68.